The van der Waals surface area contributed by atoms with E-state index in [1.807, 2.05) is 4.90 Å². The zero-order valence-electron chi connectivity index (χ0n) is 12.3. The maximum Gasteiger partial charge on any atom is 0.231 e. The molecule has 0 unspecified atom stereocenters. The largest absolute Gasteiger partial charge is 0.369 e. The molecule has 0 bridgehead atoms. The van der Waals surface area contributed by atoms with Crippen LogP contribution >= 0.6 is 0 Å². The number of piperidine rings is 1. The van der Waals surface area contributed by atoms with Gasteiger partial charge in [0.2, 0.25) is 11.9 Å². The number of rotatable bonds is 5. The minimum atomic E-state index is -0.443. The van der Waals surface area contributed by atoms with Gasteiger partial charge in [-0.05, 0) is 12.8 Å². The highest BCUT2D eigenvalue weighted by atomic mass is 19.1. The van der Waals surface area contributed by atoms with Gasteiger partial charge in [0.15, 0.2) is 11.6 Å². The van der Waals surface area contributed by atoms with Crippen molar-refractivity contribution in [2.24, 2.45) is 5.73 Å². The summed E-state index contributed by atoms with van der Waals surface area (Å²) in [7, 11) is 3.47. The molecule has 2 heterocycles. The first kappa shape index (κ1) is 15.4. The van der Waals surface area contributed by atoms with E-state index in [9.17, 15) is 9.18 Å². The summed E-state index contributed by atoms with van der Waals surface area (Å²) in [6.45, 7) is 1.88. The predicted molar refractivity (Wildman–Crippen MR) is 78.6 cm³/mol. The molecule has 2 rings (SSSR count). The van der Waals surface area contributed by atoms with E-state index >= 15 is 0 Å². The molecule has 8 heteroatoms. The number of halogens is 1. The highest BCUT2D eigenvalue weighted by Gasteiger charge is 2.21. The van der Waals surface area contributed by atoms with Crippen molar-refractivity contribution in [2.75, 3.05) is 43.9 Å². The lowest BCUT2D eigenvalue weighted by molar-refractivity contribution is -0.119. The molecule has 1 aromatic rings. The van der Waals surface area contributed by atoms with E-state index in [1.54, 1.807) is 19.0 Å². The van der Waals surface area contributed by atoms with Crippen molar-refractivity contribution in [3.05, 3.63) is 12.0 Å². The molecular formula is C13H21FN6O. The van der Waals surface area contributed by atoms with E-state index in [0.29, 0.717) is 12.5 Å². The van der Waals surface area contributed by atoms with Crippen LogP contribution in [0.3, 0.4) is 0 Å². The molecule has 116 valence electrons. The molecule has 1 aliphatic heterocycles. The van der Waals surface area contributed by atoms with Gasteiger partial charge in [-0.15, -0.1) is 0 Å². The Morgan fingerprint density at radius 3 is 2.76 bits per heavy atom. The zero-order valence-corrected chi connectivity index (χ0v) is 12.3. The van der Waals surface area contributed by atoms with Crippen molar-refractivity contribution in [3.63, 3.8) is 0 Å². The van der Waals surface area contributed by atoms with E-state index in [-0.39, 0.29) is 17.8 Å². The van der Waals surface area contributed by atoms with E-state index in [1.165, 1.54) is 6.20 Å². The first-order chi connectivity index (χ1) is 9.95. The van der Waals surface area contributed by atoms with E-state index in [0.717, 1.165) is 25.9 Å². The van der Waals surface area contributed by atoms with Crippen LogP contribution in [0.4, 0.5) is 16.2 Å². The summed E-state index contributed by atoms with van der Waals surface area (Å²) in [4.78, 5) is 22.7. The molecule has 1 amide bonds. The van der Waals surface area contributed by atoms with Gasteiger partial charge in [0, 0.05) is 33.2 Å². The normalized spacial score (nSPS) is 16.7. The summed E-state index contributed by atoms with van der Waals surface area (Å²) >= 11 is 0. The minimum absolute atomic E-state index is 0.217. The first-order valence-electron chi connectivity index (χ1n) is 6.92. The lowest BCUT2D eigenvalue weighted by atomic mass is 10.1. The Hall–Kier alpha value is -1.96. The molecule has 7 nitrogen and oxygen atoms in total. The third-order valence-electron chi connectivity index (χ3n) is 3.45. The topological polar surface area (TPSA) is 87.4 Å². The number of nitrogens with two attached hydrogens (primary N) is 1. The van der Waals surface area contributed by atoms with Gasteiger partial charge in [-0.1, -0.05) is 0 Å². The molecule has 0 atom stereocenters. The van der Waals surface area contributed by atoms with E-state index in [4.69, 9.17) is 5.73 Å². The quantitative estimate of drug-likeness (QED) is 0.798. The number of carbonyl (C=O) groups is 1. The summed E-state index contributed by atoms with van der Waals surface area (Å²) < 4.78 is 13.5. The Morgan fingerprint density at radius 2 is 2.19 bits per heavy atom. The Balaban J connectivity index is 1.91. The molecule has 1 fully saturated rings. The fraction of sp³-hybridized carbons (Fsp3) is 0.615. The number of anilines is 2. The van der Waals surface area contributed by atoms with Gasteiger partial charge >= 0.3 is 0 Å². The molecule has 0 aromatic carbocycles. The lowest BCUT2D eigenvalue weighted by Crippen LogP contribution is -2.43. The number of carbonyl (C=O) groups excluding carboxylic acids is 1. The summed E-state index contributed by atoms with van der Waals surface area (Å²) in [6.07, 6.45) is 2.91. The monoisotopic (exact) mass is 296 g/mol. The van der Waals surface area contributed by atoms with Gasteiger partial charge in [0.05, 0.1) is 12.7 Å². The maximum atomic E-state index is 13.5. The molecule has 0 spiro atoms. The van der Waals surface area contributed by atoms with Crippen molar-refractivity contribution >= 4 is 17.7 Å². The van der Waals surface area contributed by atoms with Crippen LogP contribution in [-0.2, 0) is 4.79 Å². The minimum Gasteiger partial charge on any atom is -0.369 e. The number of nitrogens with zero attached hydrogens (tertiary/aromatic N) is 4. The predicted octanol–water partition coefficient (Wildman–Crippen LogP) is 0.0433. The van der Waals surface area contributed by atoms with Crippen molar-refractivity contribution in [2.45, 2.75) is 18.9 Å². The van der Waals surface area contributed by atoms with Crippen LogP contribution in [0, 0.1) is 5.82 Å². The molecule has 0 saturated carbocycles. The number of aromatic nitrogens is 2. The van der Waals surface area contributed by atoms with Crippen LogP contribution in [0.2, 0.25) is 0 Å². The second-order valence-corrected chi connectivity index (χ2v) is 5.42. The zero-order chi connectivity index (χ0) is 15.4. The highest BCUT2D eigenvalue weighted by Crippen LogP contribution is 2.18. The van der Waals surface area contributed by atoms with Gasteiger partial charge in [0.1, 0.15) is 0 Å². The third kappa shape index (κ3) is 4.25. The Labute approximate surface area is 123 Å². The number of hydrogen-bond acceptors (Lipinski definition) is 6. The molecule has 1 aliphatic rings. The van der Waals surface area contributed by atoms with Crippen LogP contribution < -0.4 is 16.0 Å². The maximum absolute atomic E-state index is 13.5. The second-order valence-electron chi connectivity index (χ2n) is 5.42. The summed E-state index contributed by atoms with van der Waals surface area (Å²) in [6, 6.07) is 0.217. The van der Waals surface area contributed by atoms with Crippen LogP contribution in [0.5, 0.6) is 0 Å². The molecule has 1 saturated heterocycles. The van der Waals surface area contributed by atoms with Crippen molar-refractivity contribution in [1.29, 1.82) is 0 Å². The lowest BCUT2D eigenvalue weighted by Gasteiger charge is -2.31. The standard InChI is InChI=1S/C13H21FN6O/c1-19(2)12-10(14)7-16-13(18-12)17-9-3-5-20(6-4-9)8-11(15)21/h7,9H,3-6,8H2,1-2H3,(H2,15,21)(H,16,17,18). The molecular weight excluding hydrogens is 275 g/mol. The van der Waals surface area contributed by atoms with Gasteiger partial charge in [0.25, 0.3) is 0 Å². The summed E-state index contributed by atoms with van der Waals surface area (Å²) in [5.74, 6) is -0.0622. The Bertz CT molecular complexity index is 501. The number of nitrogens with one attached hydrogen (secondary N) is 1. The van der Waals surface area contributed by atoms with E-state index < -0.39 is 5.82 Å². The first-order valence-corrected chi connectivity index (χ1v) is 6.92. The summed E-state index contributed by atoms with van der Waals surface area (Å²) in [5, 5.41) is 3.22. The Morgan fingerprint density at radius 1 is 1.52 bits per heavy atom. The number of hydrogen-bond donors (Lipinski definition) is 2. The fourth-order valence-electron chi connectivity index (χ4n) is 2.38. The summed E-state index contributed by atoms with van der Waals surface area (Å²) in [5.41, 5.74) is 5.18. The second kappa shape index (κ2) is 6.66. The Kier molecular flexibility index (Phi) is 4.89. The average molecular weight is 296 g/mol. The van der Waals surface area contributed by atoms with Crippen molar-refractivity contribution < 1.29 is 9.18 Å². The molecule has 3 N–H and O–H groups in total. The van der Waals surface area contributed by atoms with Gasteiger partial charge in [-0.2, -0.15) is 4.98 Å². The van der Waals surface area contributed by atoms with Crippen LogP contribution in [0.25, 0.3) is 0 Å². The van der Waals surface area contributed by atoms with Gasteiger partial charge in [-0.3, -0.25) is 9.69 Å². The van der Waals surface area contributed by atoms with Crippen molar-refractivity contribution in [1.82, 2.24) is 14.9 Å². The molecule has 0 radical (unpaired) electrons. The SMILES string of the molecule is CN(C)c1nc(NC2CCN(CC(N)=O)CC2)ncc1F. The van der Waals surface area contributed by atoms with Crippen LogP contribution in [0.1, 0.15) is 12.8 Å². The average Bonchev–Trinajstić information content (AvgIpc) is 2.42. The fourth-order valence-corrected chi connectivity index (χ4v) is 2.38. The van der Waals surface area contributed by atoms with Crippen molar-refractivity contribution in [3.8, 4) is 0 Å². The molecule has 21 heavy (non-hydrogen) atoms. The van der Waals surface area contributed by atoms with Gasteiger partial charge < -0.3 is 16.0 Å². The highest BCUT2D eigenvalue weighted by molar-refractivity contribution is 5.75. The van der Waals surface area contributed by atoms with Crippen LogP contribution in [-0.4, -0.2) is 60.5 Å². The number of primary amides is 1. The number of likely N-dealkylation sites (tertiary alicyclic amines) is 1. The molecule has 0 aliphatic carbocycles. The molecule has 1 aromatic heterocycles. The van der Waals surface area contributed by atoms with E-state index in [2.05, 4.69) is 15.3 Å². The smallest absolute Gasteiger partial charge is 0.231 e. The van der Waals surface area contributed by atoms with Gasteiger partial charge in [-0.25, -0.2) is 9.37 Å². The third-order valence-corrected chi connectivity index (χ3v) is 3.45. The number of amides is 1. The van der Waals surface area contributed by atoms with Crippen LogP contribution in [0.15, 0.2) is 6.20 Å².